The smallest absolute Gasteiger partial charge is 0.178 e. The molecule has 0 N–H and O–H groups in total. The normalized spacial score (nSPS) is 19.9. The Balaban J connectivity index is 2.57. The molecule has 1 aliphatic heterocycles. The van der Waals surface area contributed by atoms with Crippen LogP contribution in [0.15, 0.2) is 17.0 Å². The van der Waals surface area contributed by atoms with Crippen molar-refractivity contribution in [2.24, 2.45) is 0 Å². The van der Waals surface area contributed by atoms with Crippen LogP contribution in [0.3, 0.4) is 0 Å². The van der Waals surface area contributed by atoms with Crippen molar-refractivity contribution in [1.29, 1.82) is 0 Å². The third-order valence-electron chi connectivity index (χ3n) is 4.35. The van der Waals surface area contributed by atoms with E-state index in [1.54, 1.807) is 20.1 Å². The van der Waals surface area contributed by atoms with Crippen LogP contribution in [0, 0.1) is 6.92 Å². The van der Waals surface area contributed by atoms with Gasteiger partial charge in [-0.05, 0) is 50.6 Å². The topological polar surface area (TPSA) is 46.6 Å². The van der Waals surface area contributed by atoms with Gasteiger partial charge in [0.05, 0.1) is 17.8 Å². The summed E-state index contributed by atoms with van der Waals surface area (Å²) in [6.07, 6.45) is 2.20. The highest BCUT2D eigenvalue weighted by molar-refractivity contribution is 7.91. The molecule has 0 amide bonds. The first-order valence-corrected chi connectivity index (χ1v) is 9.25. The Morgan fingerprint density at radius 3 is 2.62 bits per heavy atom. The summed E-state index contributed by atoms with van der Waals surface area (Å²) in [7, 11) is -1.54. The van der Waals surface area contributed by atoms with Crippen molar-refractivity contribution >= 4 is 9.84 Å². The van der Waals surface area contributed by atoms with Crippen molar-refractivity contribution in [2.75, 3.05) is 26.0 Å². The van der Waals surface area contributed by atoms with Gasteiger partial charge in [0.1, 0.15) is 5.75 Å². The highest BCUT2D eigenvalue weighted by Gasteiger charge is 2.29. The van der Waals surface area contributed by atoms with Crippen molar-refractivity contribution in [3.05, 3.63) is 23.3 Å². The molecule has 0 aliphatic carbocycles. The maximum absolute atomic E-state index is 12.2. The number of ether oxygens (including phenoxy) is 1. The molecular weight excluding hydrogens is 286 g/mol. The molecule has 118 valence electrons. The maximum Gasteiger partial charge on any atom is 0.178 e. The second-order valence-electron chi connectivity index (χ2n) is 5.55. The maximum atomic E-state index is 12.2. The number of aryl methyl sites for hydroxylation is 1. The fourth-order valence-corrected chi connectivity index (χ4v) is 4.19. The van der Waals surface area contributed by atoms with Crippen LogP contribution in [0.5, 0.6) is 5.75 Å². The van der Waals surface area contributed by atoms with Crippen LogP contribution in [0.4, 0.5) is 0 Å². The Morgan fingerprint density at radius 2 is 2.05 bits per heavy atom. The largest absolute Gasteiger partial charge is 0.496 e. The van der Waals surface area contributed by atoms with Crippen LogP contribution in [-0.2, 0) is 9.84 Å². The van der Waals surface area contributed by atoms with Gasteiger partial charge in [-0.15, -0.1) is 0 Å². The number of likely N-dealkylation sites (tertiary alicyclic amines) is 1. The number of rotatable bonds is 5. The zero-order valence-electron chi connectivity index (χ0n) is 13.3. The fourth-order valence-electron chi connectivity index (χ4n) is 3.20. The molecule has 0 spiro atoms. The van der Waals surface area contributed by atoms with Gasteiger partial charge in [0.25, 0.3) is 0 Å². The number of hydrogen-bond donors (Lipinski definition) is 0. The molecule has 1 saturated heterocycles. The molecule has 1 atom stereocenters. The Morgan fingerprint density at radius 1 is 1.33 bits per heavy atom. The molecule has 4 nitrogen and oxygen atoms in total. The Hall–Kier alpha value is -1.07. The van der Waals surface area contributed by atoms with Crippen LogP contribution < -0.4 is 4.74 Å². The minimum absolute atomic E-state index is 0.125. The van der Waals surface area contributed by atoms with Crippen molar-refractivity contribution in [3.63, 3.8) is 0 Å². The molecule has 1 aromatic rings. The lowest BCUT2D eigenvalue weighted by Crippen LogP contribution is -2.23. The predicted octanol–water partition coefficient (Wildman–Crippen LogP) is 2.95. The van der Waals surface area contributed by atoms with Gasteiger partial charge >= 0.3 is 0 Å². The first-order chi connectivity index (χ1) is 9.94. The van der Waals surface area contributed by atoms with Gasteiger partial charge in [-0.25, -0.2) is 8.42 Å². The predicted molar refractivity (Wildman–Crippen MR) is 84.7 cm³/mol. The van der Waals surface area contributed by atoms with E-state index in [4.69, 9.17) is 4.74 Å². The van der Waals surface area contributed by atoms with Gasteiger partial charge in [0.15, 0.2) is 9.84 Å². The minimum atomic E-state index is -3.20. The van der Waals surface area contributed by atoms with E-state index < -0.39 is 9.84 Å². The van der Waals surface area contributed by atoms with Gasteiger partial charge in [-0.1, -0.05) is 13.8 Å². The van der Waals surface area contributed by atoms with E-state index in [1.807, 2.05) is 13.0 Å². The molecule has 5 heteroatoms. The molecule has 1 unspecified atom stereocenters. The molecule has 0 radical (unpaired) electrons. The average molecular weight is 311 g/mol. The Kier molecular flexibility index (Phi) is 4.94. The molecule has 1 heterocycles. The summed E-state index contributed by atoms with van der Waals surface area (Å²) in [4.78, 5) is 2.81. The van der Waals surface area contributed by atoms with E-state index >= 15 is 0 Å². The number of nitrogens with zero attached hydrogens (tertiary/aromatic N) is 1. The summed E-state index contributed by atoms with van der Waals surface area (Å²) in [6, 6.07) is 3.81. The van der Waals surface area contributed by atoms with Crippen LogP contribution in [-0.4, -0.2) is 39.3 Å². The number of hydrogen-bond acceptors (Lipinski definition) is 4. The number of benzene rings is 1. The monoisotopic (exact) mass is 311 g/mol. The number of methoxy groups -OCH3 is 1. The van der Waals surface area contributed by atoms with Crippen LogP contribution in [0.2, 0.25) is 0 Å². The number of sulfone groups is 1. The van der Waals surface area contributed by atoms with Gasteiger partial charge in [0.2, 0.25) is 0 Å². The highest BCUT2D eigenvalue weighted by atomic mass is 32.2. The molecule has 0 saturated carbocycles. The van der Waals surface area contributed by atoms with Crippen molar-refractivity contribution in [3.8, 4) is 5.75 Å². The van der Waals surface area contributed by atoms with Crippen LogP contribution in [0.25, 0.3) is 0 Å². The second kappa shape index (κ2) is 6.36. The standard InChI is InChI=1S/C16H25NO3S/c1-5-17-9-7-8-15(17)14-11-13(21(18,19)6-2)10-12(3)16(14)20-4/h10-11,15H,5-9H2,1-4H3. The summed E-state index contributed by atoms with van der Waals surface area (Å²) >= 11 is 0. The zero-order valence-corrected chi connectivity index (χ0v) is 14.2. The van der Waals surface area contributed by atoms with E-state index in [0.29, 0.717) is 4.90 Å². The third-order valence-corrected chi connectivity index (χ3v) is 6.06. The summed E-state index contributed by atoms with van der Waals surface area (Å²) < 4.78 is 30.0. The van der Waals surface area contributed by atoms with Crippen LogP contribution in [0.1, 0.15) is 43.9 Å². The molecule has 1 fully saturated rings. The van der Waals surface area contributed by atoms with E-state index in [0.717, 1.165) is 42.8 Å². The molecule has 21 heavy (non-hydrogen) atoms. The summed E-state index contributed by atoms with van der Waals surface area (Å²) in [5.41, 5.74) is 1.91. The van der Waals surface area contributed by atoms with E-state index in [2.05, 4.69) is 11.8 Å². The lowest BCUT2D eigenvalue weighted by Gasteiger charge is -2.26. The zero-order chi connectivity index (χ0) is 15.6. The summed E-state index contributed by atoms with van der Waals surface area (Å²) in [6.45, 7) is 7.78. The van der Waals surface area contributed by atoms with E-state index in [1.165, 1.54) is 0 Å². The molecular formula is C16H25NO3S. The van der Waals surface area contributed by atoms with Crippen molar-refractivity contribution < 1.29 is 13.2 Å². The fraction of sp³-hybridized carbons (Fsp3) is 0.625. The first kappa shape index (κ1) is 16.3. The van der Waals surface area contributed by atoms with Gasteiger partial charge in [-0.3, -0.25) is 4.90 Å². The third kappa shape index (κ3) is 3.09. The first-order valence-electron chi connectivity index (χ1n) is 7.59. The molecule has 0 bridgehead atoms. The van der Waals surface area contributed by atoms with Crippen molar-refractivity contribution in [2.45, 2.75) is 44.6 Å². The summed E-state index contributed by atoms with van der Waals surface area (Å²) in [5.74, 6) is 0.954. The van der Waals surface area contributed by atoms with E-state index in [9.17, 15) is 8.42 Å². The Labute approximate surface area is 128 Å². The Bertz CT molecular complexity index is 610. The summed E-state index contributed by atoms with van der Waals surface area (Å²) in [5, 5.41) is 0. The highest BCUT2D eigenvalue weighted by Crippen LogP contribution is 2.39. The molecule has 1 aromatic carbocycles. The van der Waals surface area contributed by atoms with Gasteiger partial charge in [0, 0.05) is 11.6 Å². The second-order valence-corrected chi connectivity index (χ2v) is 7.83. The SMILES string of the molecule is CCN1CCCC1c1cc(S(=O)(=O)CC)cc(C)c1OC. The van der Waals surface area contributed by atoms with Crippen LogP contribution >= 0.6 is 0 Å². The minimum Gasteiger partial charge on any atom is -0.496 e. The quantitative estimate of drug-likeness (QED) is 0.839. The molecule has 1 aliphatic rings. The van der Waals surface area contributed by atoms with Gasteiger partial charge < -0.3 is 4.74 Å². The van der Waals surface area contributed by atoms with E-state index in [-0.39, 0.29) is 11.8 Å². The van der Waals surface area contributed by atoms with Gasteiger partial charge in [-0.2, -0.15) is 0 Å². The molecule has 2 rings (SSSR count). The average Bonchev–Trinajstić information content (AvgIpc) is 2.94. The lowest BCUT2D eigenvalue weighted by atomic mass is 10.0. The van der Waals surface area contributed by atoms with Crippen molar-refractivity contribution in [1.82, 2.24) is 4.90 Å². The lowest BCUT2D eigenvalue weighted by molar-refractivity contribution is 0.264. The molecule has 0 aromatic heterocycles.